The van der Waals surface area contributed by atoms with Crippen molar-refractivity contribution < 1.29 is 66.8 Å². The summed E-state index contributed by atoms with van der Waals surface area (Å²) < 4.78 is 28.6. The molecule has 20 nitrogen and oxygen atoms in total. The van der Waals surface area contributed by atoms with Gasteiger partial charge in [-0.2, -0.15) is 0 Å². The van der Waals surface area contributed by atoms with E-state index in [1.807, 2.05) is 18.2 Å². The highest BCUT2D eigenvalue weighted by Gasteiger charge is 2.43. The van der Waals surface area contributed by atoms with Crippen LogP contribution in [0, 0.1) is 11.3 Å². The average molecular weight is 1080 g/mol. The van der Waals surface area contributed by atoms with Crippen molar-refractivity contribution >= 4 is 53.2 Å². The first-order valence-corrected chi connectivity index (χ1v) is 26.3. The number of cyclic esters (lactones) is 2. The molecule has 0 radical (unpaired) electrons. The lowest BCUT2D eigenvalue weighted by Crippen LogP contribution is -2.58. The van der Waals surface area contributed by atoms with Gasteiger partial charge in [-0.3, -0.25) is 33.6 Å². The summed E-state index contributed by atoms with van der Waals surface area (Å²) in [5.41, 5.74) is 0.595. The van der Waals surface area contributed by atoms with Crippen LogP contribution in [0.2, 0.25) is 0 Å². The molecule has 2 aliphatic rings. The summed E-state index contributed by atoms with van der Waals surface area (Å²) in [6.45, 7) is 6.82. The third-order valence-electron chi connectivity index (χ3n) is 13.8. The van der Waals surface area contributed by atoms with Crippen LogP contribution < -0.4 is 24.8 Å². The molecule has 0 saturated carbocycles. The van der Waals surface area contributed by atoms with Crippen molar-refractivity contribution in [2.45, 2.75) is 110 Å². The van der Waals surface area contributed by atoms with E-state index in [-0.39, 0.29) is 50.4 Å². The second kappa shape index (κ2) is 28.6. The van der Waals surface area contributed by atoms with Gasteiger partial charge in [-0.05, 0) is 106 Å². The number of ether oxygens (including phenoxy) is 5. The molecule has 78 heavy (non-hydrogen) atoms. The standard InChI is InChI=1S/C58H76N6O14/c1-37(2)51-55(71)61(6)29-16-15-24-50(67)77-36-58(4,5)52(68)56(72)64-30-17-14-23-43(64)57(73)78-45(27-25-40-26-28-46(74-9)47(32-40)75-10)41-21-18-22-42(33-41)76-35-49(66)62(7)34-48(65)59-38(3)54(70)63(8)44(53(69)60-51)31-39-19-12-11-13-20-39/h11-13,15,18-22,24,26,28,32-33,37-38,43-45,51H,14,16-17,23,25,27,29-31,34-36H2,1-10H3,(H,59,65)(H,60,69)/t38-,43+,44+,45-,51+/m1/s1. The van der Waals surface area contributed by atoms with Crippen LogP contribution in [0.25, 0.3) is 0 Å². The molecule has 0 spiro atoms. The van der Waals surface area contributed by atoms with E-state index in [2.05, 4.69) is 10.6 Å². The quantitative estimate of drug-likeness (QED) is 0.235. The Morgan fingerprint density at radius 2 is 1.49 bits per heavy atom. The van der Waals surface area contributed by atoms with E-state index in [9.17, 15) is 43.2 Å². The Hall–Kier alpha value is -7.77. The highest BCUT2D eigenvalue weighted by atomic mass is 16.5. The minimum atomic E-state index is -1.49. The first-order valence-electron chi connectivity index (χ1n) is 26.3. The van der Waals surface area contributed by atoms with Crippen LogP contribution in [0.3, 0.4) is 0 Å². The number of amides is 6. The Bertz CT molecular complexity index is 2660. The number of likely N-dealkylation sites (N-methyl/N-ethyl adjacent to an activating group) is 3. The molecule has 2 bridgehead atoms. The number of benzene rings is 3. The van der Waals surface area contributed by atoms with Gasteiger partial charge in [-0.1, -0.05) is 68.5 Å². The predicted molar refractivity (Wildman–Crippen MR) is 288 cm³/mol. The predicted octanol–water partition coefficient (Wildman–Crippen LogP) is 4.41. The molecule has 5 atom stereocenters. The number of Topliss-reactive ketones (excluding diaryl/α,β-unsaturated/α-hetero) is 1. The van der Waals surface area contributed by atoms with Crippen LogP contribution >= 0.6 is 0 Å². The van der Waals surface area contributed by atoms with Gasteiger partial charge in [0.05, 0.1) is 26.2 Å². The van der Waals surface area contributed by atoms with Crippen molar-refractivity contribution in [1.29, 1.82) is 0 Å². The summed E-state index contributed by atoms with van der Waals surface area (Å²) in [5, 5.41) is 5.50. The second-order valence-electron chi connectivity index (χ2n) is 20.7. The van der Waals surface area contributed by atoms with Crippen LogP contribution in [0.15, 0.2) is 84.9 Å². The Balaban J connectivity index is 1.43. The fourth-order valence-electron chi connectivity index (χ4n) is 9.02. The first kappa shape index (κ1) is 61.1. The monoisotopic (exact) mass is 1080 g/mol. The zero-order valence-electron chi connectivity index (χ0n) is 46.5. The third kappa shape index (κ3) is 16.9. The SMILES string of the molecule is COc1ccc(CC[C@H]2OC(=O)[C@@H]3CCCCN3C(=O)C(=O)C(C)(C)COC(=O)C=CCCN(C)C(=O)[C@H](C(C)C)NC(=O)[C@H](Cc3ccccc3)N(C)C(=O)[C@@H](C)NC(=O)CN(C)C(=O)COc3cccc2c3)cc1OC. The van der Waals surface area contributed by atoms with E-state index in [0.717, 1.165) is 22.1 Å². The number of hydrogen-bond acceptors (Lipinski definition) is 14. The minimum Gasteiger partial charge on any atom is -0.493 e. The largest absolute Gasteiger partial charge is 0.493 e. The van der Waals surface area contributed by atoms with E-state index >= 15 is 0 Å². The molecule has 3 aromatic carbocycles. The molecule has 5 rings (SSSR count). The van der Waals surface area contributed by atoms with Crippen molar-refractivity contribution in [2.75, 3.05) is 68.2 Å². The van der Waals surface area contributed by atoms with Crippen LogP contribution in [-0.4, -0.2) is 165 Å². The molecule has 1 saturated heterocycles. The summed E-state index contributed by atoms with van der Waals surface area (Å²) in [6, 6.07) is 16.7. The van der Waals surface area contributed by atoms with Gasteiger partial charge < -0.3 is 53.9 Å². The Morgan fingerprint density at radius 1 is 0.769 bits per heavy atom. The molecule has 20 heteroatoms. The third-order valence-corrected chi connectivity index (χ3v) is 13.8. The summed E-state index contributed by atoms with van der Waals surface area (Å²) in [7, 11) is 7.45. The van der Waals surface area contributed by atoms with Gasteiger partial charge in [0.2, 0.25) is 29.4 Å². The van der Waals surface area contributed by atoms with Crippen molar-refractivity contribution in [3.8, 4) is 17.2 Å². The maximum Gasteiger partial charge on any atom is 0.330 e. The number of methoxy groups -OCH3 is 2. The topological polar surface area (TPSA) is 237 Å². The van der Waals surface area contributed by atoms with Crippen LogP contribution in [0.1, 0.15) is 89.5 Å². The van der Waals surface area contributed by atoms with Crippen LogP contribution in [-0.2, 0) is 65.5 Å². The van der Waals surface area contributed by atoms with E-state index in [0.29, 0.717) is 36.3 Å². The zero-order valence-corrected chi connectivity index (χ0v) is 46.5. The highest BCUT2D eigenvalue weighted by Crippen LogP contribution is 2.33. The minimum absolute atomic E-state index is 0.0805. The molecular weight excluding hydrogens is 1000 g/mol. The molecule has 2 aliphatic heterocycles. The molecule has 0 unspecified atom stereocenters. The van der Waals surface area contributed by atoms with Gasteiger partial charge in [0.15, 0.2) is 18.1 Å². The van der Waals surface area contributed by atoms with E-state index in [4.69, 9.17) is 23.7 Å². The first-order chi connectivity index (χ1) is 37.0. The number of nitrogens with one attached hydrogen (secondary N) is 2. The van der Waals surface area contributed by atoms with Crippen molar-refractivity contribution in [1.82, 2.24) is 30.2 Å². The molecule has 3 aromatic rings. The van der Waals surface area contributed by atoms with Gasteiger partial charge in [0.1, 0.15) is 42.6 Å². The van der Waals surface area contributed by atoms with Crippen molar-refractivity contribution in [2.24, 2.45) is 11.3 Å². The summed E-state index contributed by atoms with van der Waals surface area (Å²) in [5.74, 6) is -5.26. The molecule has 422 valence electrons. The number of ketones is 1. The van der Waals surface area contributed by atoms with E-state index in [1.165, 1.54) is 69.9 Å². The number of aryl methyl sites for hydroxylation is 1. The molecule has 0 aromatic heterocycles. The maximum absolute atomic E-state index is 14.3. The van der Waals surface area contributed by atoms with Crippen molar-refractivity contribution in [3.05, 3.63) is 102 Å². The van der Waals surface area contributed by atoms with Gasteiger partial charge in [-0.15, -0.1) is 0 Å². The van der Waals surface area contributed by atoms with Crippen LogP contribution in [0.4, 0.5) is 0 Å². The lowest BCUT2D eigenvalue weighted by Gasteiger charge is -2.36. The number of carbonyl (C=O) groups is 9. The van der Waals surface area contributed by atoms with E-state index in [1.54, 1.807) is 75.5 Å². The average Bonchev–Trinajstić information content (AvgIpc) is 3.44. The number of hydrogen-bond donors (Lipinski definition) is 2. The number of rotatable bonds is 8. The number of nitrogens with zero attached hydrogens (tertiary/aromatic N) is 4. The Morgan fingerprint density at radius 3 is 2.18 bits per heavy atom. The van der Waals surface area contributed by atoms with Crippen LogP contribution in [0.5, 0.6) is 17.2 Å². The summed E-state index contributed by atoms with van der Waals surface area (Å²) in [6.07, 6.45) is 4.02. The second-order valence-corrected chi connectivity index (χ2v) is 20.7. The molecule has 0 aliphatic carbocycles. The van der Waals surface area contributed by atoms with Gasteiger partial charge in [0.25, 0.3) is 11.8 Å². The summed E-state index contributed by atoms with van der Waals surface area (Å²) in [4.78, 5) is 129. The number of esters is 2. The Kier molecular flexibility index (Phi) is 22.4. The van der Waals surface area contributed by atoms with Gasteiger partial charge >= 0.3 is 11.9 Å². The fraction of sp³-hybridized carbons (Fsp3) is 0.500. The molecular formula is C58H76N6O14. The maximum atomic E-state index is 14.3. The molecule has 1 fully saturated rings. The lowest BCUT2D eigenvalue weighted by atomic mass is 9.87. The lowest BCUT2D eigenvalue weighted by molar-refractivity contribution is -0.165. The molecule has 2 heterocycles. The molecule has 6 amide bonds. The fourth-order valence-corrected chi connectivity index (χ4v) is 9.02. The van der Waals surface area contributed by atoms with E-state index < -0.39 is 109 Å². The highest BCUT2D eigenvalue weighted by molar-refractivity contribution is 6.38. The number of fused-ring (bicyclic) bond motifs is 3. The number of piperidine rings is 1. The van der Waals surface area contributed by atoms with Gasteiger partial charge in [0, 0.05) is 46.7 Å². The number of carbonyl (C=O) groups excluding carboxylic acids is 9. The Labute approximate surface area is 457 Å². The van der Waals surface area contributed by atoms with Gasteiger partial charge in [-0.25, -0.2) is 9.59 Å². The van der Waals surface area contributed by atoms with Crippen molar-refractivity contribution in [3.63, 3.8) is 0 Å². The molecule has 2 N–H and O–H groups in total. The normalized spacial score (nSPS) is 22.6. The smallest absolute Gasteiger partial charge is 0.330 e. The zero-order chi connectivity index (χ0) is 57.3. The summed E-state index contributed by atoms with van der Waals surface area (Å²) >= 11 is 0.